The second-order valence-electron chi connectivity index (χ2n) is 5.95. The van der Waals surface area contributed by atoms with Crippen LogP contribution >= 0.6 is 11.6 Å². The van der Waals surface area contributed by atoms with Crippen LogP contribution in [-0.4, -0.2) is 17.8 Å². The molecule has 1 aromatic carbocycles. The maximum atomic E-state index is 13.3. The van der Waals surface area contributed by atoms with E-state index in [0.29, 0.717) is 6.04 Å². The van der Waals surface area contributed by atoms with E-state index < -0.39 is 11.4 Å². The molecule has 1 atom stereocenters. The molecule has 2 N–H and O–H groups in total. The number of hydrogen-bond acceptors (Lipinski definition) is 2. The van der Waals surface area contributed by atoms with Crippen LogP contribution in [0.25, 0.3) is 0 Å². The van der Waals surface area contributed by atoms with E-state index in [9.17, 15) is 9.50 Å². The molecule has 112 valence electrons. The fourth-order valence-corrected chi connectivity index (χ4v) is 3.11. The Morgan fingerprint density at radius 1 is 1.30 bits per heavy atom. The summed E-state index contributed by atoms with van der Waals surface area (Å²) in [6.07, 6.45) is 7.29. The highest BCUT2D eigenvalue weighted by Crippen LogP contribution is 2.28. The molecule has 1 unspecified atom stereocenters. The Morgan fingerprint density at radius 2 is 1.95 bits per heavy atom. The zero-order valence-corrected chi connectivity index (χ0v) is 12.7. The summed E-state index contributed by atoms with van der Waals surface area (Å²) in [4.78, 5) is 0. The van der Waals surface area contributed by atoms with Crippen molar-refractivity contribution < 1.29 is 9.50 Å². The third kappa shape index (κ3) is 3.72. The summed E-state index contributed by atoms with van der Waals surface area (Å²) in [5.74, 6) is -0.426. The lowest BCUT2D eigenvalue weighted by atomic mass is 9.90. The smallest absolute Gasteiger partial charge is 0.141 e. The van der Waals surface area contributed by atoms with E-state index in [0.717, 1.165) is 18.4 Å². The second kappa shape index (κ2) is 6.88. The first-order valence-corrected chi connectivity index (χ1v) is 7.77. The summed E-state index contributed by atoms with van der Waals surface area (Å²) in [6, 6.07) is 5.07. The van der Waals surface area contributed by atoms with Crippen LogP contribution in [0.5, 0.6) is 0 Å². The highest BCUT2D eigenvalue weighted by atomic mass is 35.5. The van der Waals surface area contributed by atoms with Crippen LogP contribution in [0.3, 0.4) is 0 Å². The molecule has 0 aromatic heterocycles. The molecule has 0 bridgehead atoms. The summed E-state index contributed by atoms with van der Waals surface area (Å²) in [5, 5.41) is 13.5. The molecule has 20 heavy (non-hydrogen) atoms. The minimum Gasteiger partial charge on any atom is -0.394 e. The van der Waals surface area contributed by atoms with Crippen LogP contribution in [0.4, 0.5) is 4.39 Å². The van der Waals surface area contributed by atoms with Crippen LogP contribution in [0.15, 0.2) is 18.2 Å². The number of benzene rings is 1. The number of hydrogen-bond donors (Lipinski definition) is 2. The number of rotatable bonds is 4. The lowest BCUT2D eigenvalue weighted by Gasteiger charge is -2.34. The van der Waals surface area contributed by atoms with E-state index in [-0.39, 0.29) is 11.6 Å². The predicted molar refractivity (Wildman–Crippen MR) is 80.5 cm³/mol. The Hall–Kier alpha value is -0.640. The van der Waals surface area contributed by atoms with Gasteiger partial charge in [0.2, 0.25) is 0 Å². The Balaban J connectivity index is 2.16. The van der Waals surface area contributed by atoms with Gasteiger partial charge in [-0.3, -0.25) is 0 Å². The molecule has 0 amide bonds. The molecule has 0 aliphatic heterocycles. The summed E-state index contributed by atoms with van der Waals surface area (Å²) >= 11 is 5.86. The van der Waals surface area contributed by atoms with Crippen LogP contribution < -0.4 is 5.32 Å². The molecule has 1 saturated carbocycles. The number of aliphatic hydroxyl groups is 1. The summed E-state index contributed by atoms with van der Waals surface area (Å²) in [7, 11) is 0. The van der Waals surface area contributed by atoms with Crippen LogP contribution in [-0.2, 0) is 5.54 Å². The SMILES string of the molecule is CC(CO)(NC1CCCCCC1)c1ccc(F)c(Cl)c1. The monoisotopic (exact) mass is 299 g/mol. The zero-order valence-electron chi connectivity index (χ0n) is 12.0. The standard InChI is InChI=1S/C16H23ClFNO/c1-16(11-20,12-8-9-15(18)14(17)10-12)19-13-6-4-2-3-5-7-13/h8-10,13,19-20H,2-7,11H2,1H3. The summed E-state index contributed by atoms with van der Waals surface area (Å²) in [6.45, 7) is 1.91. The lowest BCUT2D eigenvalue weighted by Crippen LogP contribution is -2.48. The fraction of sp³-hybridized carbons (Fsp3) is 0.625. The van der Waals surface area contributed by atoms with Gasteiger partial charge in [0, 0.05) is 6.04 Å². The second-order valence-corrected chi connectivity index (χ2v) is 6.36. The van der Waals surface area contributed by atoms with Crippen molar-refractivity contribution in [1.82, 2.24) is 5.32 Å². The van der Waals surface area contributed by atoms with E-state index in [1.807, 2.05) is 6.92 Å². The highest BCUT2D eigenvalue weighted by molar-refractivity contribution is 6.30. The van der Waals surface area contributed by atoms with Gasteiger partial charge in [-0.15, -0.1) is 0 Å². The quantitative estimate of drug-likeness (QED) is 0.824. The van der Waals surface area contributed by atoms with Gasteiger partial charge in [0.15, 0.2) is 0 Å². The molecular formula is C16H23ClFNO. The van der Waals surface area contributed by atoms with Gasteiger partial charge >= 0.3 is 0 Å². The molecule has 1 fully saturated rings. The molecular weight excluding hydrogens is 277 g/mol. The molecule has 0 heterocycles. The zero-order chi connectivity index (χ0) is 14.6. The first kappa shape index (κ1) is 15.7. The molecule has 1 aliphatic carbocycles. The molecule has 1 aliphatic rings. The van der Waals surface area contributed by atoms with E-state index in [1.54, 1.807) is 12.1 Å². The maximum absolute atomic E-state index is 13.3. The van der Waals surface area contributed by atoms with Crippen molar-refractivity contribution >= 4 is 11.6 Å². The Kier molecular flexibility index (Phi) is 5.42. The van der Waals surface area contributed by atoms with E-state index in [4.69, 9.17) is 11.6 Å². The largest absolute Gasteiger partial charge is 0.394 e. The Labute approximate surface area is 125 Å². The maximum Gasteiger partial charge on any atom is 0.141 e. The molecule has 0 radical (unpaired) electrons. The van der Waals surface area contributed by atoms with Crippen molar-refractivity contribution in [1.29, 1.82) is 0 Å². The highest BCUT2D eigenvalue weighted by Gasteiger charge is 2.29. The first-order chi connectivity index (χ1) is 9.55. The minimum atomic E-state index is -0.577. The Morgan fingerprint density at radius 3 is 2.50 bits per heavy atom. The van der Waals surface area contributed by atoms with Crippen LogP contribution in [0, 0.1) is 5.82 Å². The van der Waals surface area contributed by atoms with Gasteiger partial charge in [-0.1, -0.05) is 43.4 Å². The van der Waals surface area contributed by atoms with Gasteiger partial charge < -0.3 is 10.4 Å². The average molecular weight is 300 g/mol. The number of aliphatic hydroxyl groups excluding tert-OH is 1. The van der Waals surface area contributed by atoms with Gasteiger partial charge in [0.05, 0.1) is 17.2 Å². The molecule has 1 aromatic rings. The van der Waals surface area contributed by atoms with Crippen molar-refractivity contribution in [3.8, 4) is 0 Å². The van der Waals surface area contributed by atoms with Gasteiger partial charge in [0.25, 0.3) is 0 Å². The molecule has 2 rings (SSSR count). The van der Waals surface area contributed by atoms with Gasteiger partial charge in [-0.25, -0.2) is 4.39 Å². The predicted octanol–water partition coefficient (Wildman–Crippen LogP) is 4.00. The normalized spacial score (nSPS) is 20.4. The summed E-state index contributed by atoms with van der Waals surface area (Å²) < 4.78 is 13.3. The van der Waals surface area contributed by atoms with Crippen LogP contribution in [0.2, 0.25) is 5.02 Å². The fourth-order valence-electron chi connectivity index (χ4n) is 2.93. The van der Waals surface area contributed by atoms with Crippen molar-refractivity contribution in [2.45, 2.75) is 57.0 Å². The van der Waals surface area contributed by atoms with Crippen molar-refractivity contribution in [2.75, 3.05) is 6.61 Å². The number of nitrogens with one attached hydrogen (secondary N) is 1. The molecule has 0 spiro atoms. The van der Waals surface area contributed by atoms with Gasteiger partial charge in [0.1, 0.15) is 5.82 Å². The molecule has 2 nitrogen and oxygen atoms in total. The van der Waals surface area contributed by atoms with E-state index in [1.165, 1.54) is 31.7 Å². The van der Waals surface area contributed by atoms with E-state index >= 15 is 0 Å². The van der Waals surface area contributed by atoms with E-state index in [2.05, 4.69) is 5.32 Å². The lowest BCUT2D eigenvalue weighted by molar-refractivity contribution is 0.157. The van der Waals surface area contributed by atoms with Gasteiger partial charge in [-0.05, 0) is 37.5 Å². The Bertz CT molecular complexity index is 446. The van der Waals surface area contributed by atoms with Crippen molar-refractivity contribution in [2.24, 2.45) is 0 Å². The number of halogens is 2. The topological polar surface area (TPSA) is 32.3 Å². The summed E-state index contributed by atoms with van der Waals surface area (Å²) in [5.41, 5.74) is 0.252. The van der Waals surface area contributed by atoms with Crippen molar-refractivity contribution in [3.05, 3.63) is 34.6 Å². The van der Waals surface area contributed by atoms with Gasteiger partial charge in [-0.2, -0.15) is 0 Å². The molecule has 4 heteroatoms. The van der Waals surface area contributed by atoms with Crippen molar-refractivity contribution in [3.63, 3.8) is 0 Å². The van der Waals surface area contributed by atoms with Crippen LogP contribution in [0.1, 0.15) is 51.0 Å². The third-order valence-electron chi connectivity index (χ3n) is 4.25. The average Bonchev–Trinajstić information content (AvgIpc) is 2.70. The molecule has 0 saturated heterocycles. The minimum absolute atomic E-state index is 0.0362. The first-order valence-electron chi connectivity index (χ1n) is 7.39. The third-order valence-corrected chi connectivity index (χ3v) is 4.54.